The molecule has 0 heterocycles. The SMILES string of the molecule is CC(c1ccccc1)(c1cccc[c]1[Ge])P(c1ccccc1)c1ccccc1. The summed E-state index contributed by atoms with van der Waals surface area (Å²) in [5.74, 6) is 0. The summed E-state index contributed by atoms with van der Waals surface area (Å²) in [6.45, 7) is 2.43. The van der Waals surface area contributed by atoms with Crippen LogP contribution in [0.15, 0.2) is 115 Å². The van der Waals surface area contributed by atoms with E-state index in [1.54, 1.807) is 0 Å². The van der Waals surface area contributed by atoms with Crippen LogP contribution in [0.2, 0.25) is 0 Å². The van der Waals surface area contributed by atoms with Crippen molar-refractivity contribution >= 4 is 39.4 Å². The average Bonchev–Trinajstić information content (AvgIpc) is 2.76. The Hall–Kier alpha value is -2.15. The van der Waals surface area contributed by atoms with Crippen LogP contribution in [0.1, 0.15) is 18.1 Å². The Morgan fingerprint density at radius 2 is 1.00 bits per heavy atom. The summed E-state index contributed by atoms with van der Waals surface area (Å²) in [7, 11) is -0.665. The normalized spacial score (nSPS) is 13.2. The van der Waals surface area contributed by atoms with Crippen LogP contribution < -0.4 is 15.0 Å². The molecule has 0 nitrogen and oxygen atoms in total. The fourth-order valence-electron chi connectivity index (χ4n) is 3.89. The summed E-state index contributed by atoms with van der Waals surface area (Å²) in [5.41, 5.74) is 2.77. The second-order valence-corrected chi connectivity index (χ2v) is 10.7. The molecule has 0 aliphatic carbocycles. The molecule has 1 atom stereocenters. The summed E-state index contributed by atoms with van der Waals surface area (Å²) in [5, 5.41) is 2.67. The Balaban J connectivity index is 2.04. The van der Waals surface area contributed by atoms with Crippen LogP contribution >= 0.6 is 7.92 Å². The fraction of sp³-hybridized carbons (Fsp3) is 0.0769. The van der Waals surface area contributed by atoms with Gasteiger partial charge in [0.1, 0.15) is 0 Å². The van der Waals surface area contributed by atoms with Crippen LogP contribution in [-0.2, 0) is 5.16 Å². The van der Waals surface area contributed by atoms with E-state index in [-0.39, 0.29) is 5.16 Å². The van der Waals surface area contributed by atoms with Crippen LogP contribution in [0, 0.1) is 0 Å². The van der Waals surface area contributed by atoms with Crippen molar-refractivity contribution in [2.75, 3.05) is 0 Å². The molecule has 0 fully saturated rings. The van der Waals surface area contributed by atoms with Gasteiger partial charge in [0, 0.05) is 0 Å². The standard InChI is InChI=1S/C26H22GeP/c1-26(21-13-5-2-6-14-21,24-19-11-12-20-25(24)27)28(22-15-7-3-8-16-22)23-17-9-4-10-18-23/h2-20H,1H3. The van der Waals surface area contributed by atoms with Crippen molar-refractivity contribution < 1.29 is 0 Å². The summed E-state index contributed by atoms with van der Waals surface area (Å²) >= 11 is 2.24. The van der Waals surface area contributed by atoms with Gasteiger partial charge in [0.05, 0.1) is 0 Å². The van der Waals surface area contributed by atoms with Gasteiger partial charge in [-0.15, -0.1) is 0 Å². The molecule has 0 bridgehead atoms. The third kappa shape index (κ3) is 3.60. The van der Waals surface area contributed by atoms with Gasteiger partial charge in [-0.1, -0.05) is 0 Å². The second kappa shape index (κ2) is 8.47. The first-order valence-corrected chi connectivity index (χ1v) is 11.9. The molecular formula is C26H22GeP. The van der Waals surface area contributed by atoms with E-state index in [0.29, 0.717) is 0 Å². The van der Waals surface area contributed by atoms with E-state index in [9.17, 15) is 0 Å². The van der Waals surface area contributed by atoms with E-state index in [1.165, 1.54) is 26.1 Å². The Kier molecular flexibility index (Phi) is 5.80. The van der Waals surface area contributed by atoms with Gasteiger partial charge >= 0.3 is 178 Å². The summed E-state index contributed by atoms with van der Waals surface area (Å²) in [6, 6.07) is 41.9. The Morgan fingerprint density at radius 1 is 0.571 bits per heavy atom. The Bertz CT molecular complexity index is 992. The van der Waals surface area contributed by atoms with Crippen molar-refractivity contribution in [3.8, 4) is 0 Å². The molecule has 4 aromatic rings. The van der Waals surface area contributed by atoms with Crippen LogP contribution in [0.5, 0.6) is 0 Å². The fourth-order valence-corrected chi connectivity index (χ4v) is 8.13. The maximum absolute atomic E-state index is 2.43. The van der Waals surface area contributed by atoms with Gasteiger partial charge < -0.3 is 0 Å². The molecule has 0 saturated carbocycles. The van der Waals surface area contributed by atoms with Crippen molar-refractivity contribution in [3.63, 3.8) is 0 Å². The summed E-state index contributed by atoms with van der Waals surface area (Å²) in [4.78, 5) is 0. The van der Waals surface area contributed by atoms with Crippen molar-refractivity contribution in [2.45, 2.75) is 12.1 Å². The molecule has 2 heteroatoms. The van der Waals surface area contributed by atoms with Gasteiger partial charge in [0.25, 0.3) is 0 Å². The minimum absolute atomic E-state index is 0.134. The predicted molar refractivity (Wildman–Crippen MR) is 124 cm³/mol. The van der Waals surface area contributed by atoms with E-state index in [2.05, 4.69) is 139 Å². The van der Waals surface area contributed by atoms with Crippen molar-refractivity contribution in [3.05, 3.63) is 126 Å². The number of hydrogen-bond donors (Lipinski definition) is 0. The number of rotatable bonds is 5. The molecule has 0 spiro atoms. The molecule has 1 unspecified atom stereocenters. The van der Waals surface area contributed by atoms with Crippen LogP contribution in [0.25, 0.3) is 0 Å². The van der Waals surface area contributed by atoms with Gasteiger partial charge in [-0.25, -0.2) is 0 Å². The Morgan fingerprint density at radius 3 is 1.50 bits per heavy atom. The molecule has 3 radical (unpaired) electrons. The van der Waals surface area contributed by atoms with E-state index < -0.39 is 7.92 Å². The zero-order chi connectivity index (χ0) is 19.4. The van der Waals surface area contributed by atoms with Gasteiger partial charge in [-0.3, -0.25) is 0 Å². The Labute approximate surface area is 177 Å². The predicted octanol–water partition coefficient (Wildman–Crippen LogP) is 4.88. The molecular weight excluding hydrogens is 416 g/mol. The maximum atomic E-state index is 2.43. The zero-order valence-electron chi connectivity index (χ0n) is 15.9. The average molecular weight is 438 g/mol. The molecule has 0 N–H and O–H groups in total. The molecule has 0 aliphatic heterocycles. The first kappa shape index (κ1) is 19.2. The molecule has 4 aromatic carbocycles. The van der Waals surface area contributed by atoms with Crippen LogP contribution in [0.4, 0.5) is 0 Å². The zero-order valence-corrected chi connectivity index (χ0v) is 18.9. The number of benzene rings is 4. The van der Waals surface area contributed by atoms with Gasteiger partial charge in [-0.05, 0) is 0 Å². The monoisotopic (exact) mass is 439 g/mol. The second-order valence-electron chi connectivity index (χ2n) is 6.99. The van der Waals surface area contributed by atoms with Crippen molar-refractivity contribution in [1.82, 2.24) is 0 Å². The molecule has 28 heavy (non-hydrogen) atoms. The number of hydrogen-bond acceptors (Lipinski definition) is 0. The molecule has 4 rings (SSSR count). The van der Waals surface area contributed by atoms with Crippen LogP contribution in [-0.4, -0.2) is 16.5 Å². The summed E-state index contributed by atoms with van der Waals surface area (Å²) < 4.78 is 1.34. The quantitative estimate of drug-likeness (QED) is 0.308. The van der Waals surface area contributed by atoms with Gasteiger partial charge in [-0.2, -0.15) is 0 Å². The topological polar surface area (TPSA) is 0 Å². The van der Waals surface area contributed by atoms with E-state index >= 15 is 0 Å². The van der Waals surface area contributed by atoms with Crippen molar-refractivity contribution in [1.29, 1.82) is 0 Å². The summed E-state index contributed by atoms with van der Waals surface area (Å²) in [6.07, 6.45) is 0. The van der Waals surface area contributed by atoms with Crippen LogP contribution in [0.3, 0.4) is 0 Å². The molecule has 0 aromatic heterocycles. The molecule has 0 saturated heterocycles. The minimum atomic E-state index is -0.665. The van der Waals surface area contributed by atoms with E-state index in [1.807, 2.05) is 0 Å². The van der Waals surface area contributed by atoms with Gasteiger partial charge in [0.2, 0.25) is 0 Å². The first-order valence-electron chi connectivity index (χ1n) is 9.48. The molecule has 135 valence electrons. The van der Waals surface area contributed by atoms with Gasteiger partial charge in [0.15, 0.2) is 0 Å². The molecule has 0 amide bonds. The molecule has 0 aliphatic rings. The van der Waals surface area contributed by atoms with E-state index in [0.717, 1.165) is 0 Å². The third-order valence-corrected chi connectivity index (χ3v) is 9.20. The third-order valence-electron chi connectivity index (χ3n) is 5.26. The first-order chi connectivity index (χ1) is 13.7. The van der Waals surface area contributed by atoms with E-state index in [4.69, 9.17) is 0 Å². The van der Waals surface area contributed by atoms with Crippen molar-refractivity contribution in [2.24, 2.45) is 0 Å².